The molecule has 2 heteroatoms. The van der Waals surface area contributed by atoms with Crippen LogP contribution in [0.15, 0.2) is 133 Å². The SMILES string of the molecule is CCCCc1cccc([B-](c2ccccc2)c2ccccc2)c1.Cc1ccc([I+]c2ccc(C3CCCCC3)cc2)cc1. The van der Waals surface area contributed by atoms with Crippen molar-refractivity contribution in [1.29, 1.82) is 0 Å². The number of unbranched alkanes of at least 4 members (excludes halogenated alkanes) is 1. The Labute approximate surface area is 271 Å². The number of hydrogen-bond donors (Lipinski definition) is 0. The molecule has 0 bridgehead atoms. The van der Waals surface area contributed by atoms with Crippen LogP contribution in [-0.4, -0.2) is 6.71 Å². The summed E-state index contributed by atoms with van der Waals surface area (Å²) in [5.74, 6) is 0.829. The first-order valence-electron chi connectivity index (χ1n) is 16.2. The predicted octanol–water partition coefficient (Wildman–Crippen LogP) is 5.72. The van der Waals surface area contributed by atoms with Crippen molar-refractivity contribution in [3.8, 4) is 0 Å². The zero-order valence-corrected chi connectivity index (χ0v) is 28.0. The molecular weight excluding hydrogens is 630 g/mol. The fraction of sp³-hybridized carbons (Fsp3) is 0.268. The fourth-order valence-corrected chi connectivity index (χ4v) is 8.29. The Bertz CT molecular complexity index is 1450. The topological polar surface area (TPSA) is 0 Å². The van der Waals surface area contributed by atoms with Crippen LogP contribution in [0.2, 0.25) is 0 Å². The van der Waals surface area contributed by atoms with E-state index in [1.807, 2.05) is 0 Å². The number of halogens is 1. The molecule has 0 N–H and O–H groups in total. The second-order valence-electron chi connectivity index (χ2n) is 11.9. The van der Waals surface area contributed by atoms with E-state index in [0.717, 1.165) is 5.92 Å². The van der Waals surface area contributed by atoms with Crippen LogP contribution in [0.3, 0.4) is 0 Å². The minimum Gasteiger partial charge on any atom is -0.233 e. The first-order valence-corrected chi connectivity index (χ1v) is 18.4. The van der Waals surface area contributed by atoms with Gasteiger partial charge in [-0.15, -0.1) is 0 Å². The van der Waals surface area contributed by atoms with Crippen LogP contribution in [0.5, 0.6) is 0 Å². The number of hydrogen-bond acceptors (Lipinski definition) is 0. The monoisotopic (exact) mass is 675 g/mol. The molecule has 1 saturated carbocycles. The summed E-state index contributed by atoms with van der Waals surface area (Å²) in [5, 5.41) is 0. The van der Waals surface area contributed by atoms with Gasteiger partial charge in [-0.3, -0.25) is 0 Å². The van der Waals surface area contributed by atoms with Crippen molar-refractivity contribution in [2.45, 2.75) is 71.1 Å². The van der Waals surface area contributed by atoms with Crippen molar-refractivity contribution in [3.63, 3.8) is 0 Å². The molecule has 0 amide bonds. The molecule has 6 rings (SSSR count). The Kier molecular flexibility index (Phi) is 12.1. The van der Waals surface area contributed by atoms with Crippen molar-refractivity contribution in [3.05, 3.63) is 157 Å². The van der Waals surface area contributed by atoms with Gasteiger partial charge in [0.2, 0.25) is 0 Å². The molecule has 0 heterocycles. The van der Waals surface area contributed by atoms with Gasteiger partial charge in [-0.2, -0.15) is 0 Å². The van der Waals surface area contributed by atoms with Gasteiger partial charge in [-0.1, -0.05) is 153 Å². The third-order valence-corrected chi connectivity index (χ3v) is 11.2. The number of benzene rings is 5. The Morgan fingerprint density at radius 3 is 1.74 bits per heavy atom. The van der Waals surface area contributed by atoms with E-state index in [-0.39, 0.29) is 21.2 Å². The summed E-state index contributed by atoms with van der Waals surface area (Å²) < 4.78 is 3.05. The normalized spacial score (nSPS) is 13.4. The second-order valence-corrected chi connectivity index (χ2v) is 14.9. The van der Waals surface area contributed by atoms with E-state index in [0.29, 0.717) is 6.71 Å². The smallest absolute Gasteiger partial charge is 0.233 e. The van der Waals surface area contributed by atoms with Crippen LogP contribution in [-0.2, 0) is 6.42 Å². The van der Waals surface area contributed by atoms with Crippen molar-refractivity contribution >= 4 is 23.1 Å². The zero-order valence-electron chi connectivity index (χ0n) is 25.9. The Morgan fingerprint density at radius 1 is 0.605 bits per heavy atom. The molecule has 219 valence electrons. The van der Waals surface area contributed by atoms with E-state index >= 15 is 0 Å². The van der Waals surface area contributed by atoms with Crippen molar-refractivity contribution in [2.75, 3.05) is 0 Å². The largest absolute Gasteiger partial charge is 0.357 e. The van der Waals surface area contributed by atoms with Gasteiger partial charge < -0.3 is 0 Å². The third-order valence-electron chi connectivity index (χ3n) is 8.54. The van der Waals surface area contributed by atoms with Crippen molar-refractivity contribution in [2.24, 2.45) is 0 Å². The lowest BCUT2D eigenvalue weighted by atomic mass is 9.37. The van der Waals surface area contributed by atoms with E-state index in [9.17, 15) is 0 Å². The highest BCUT2D eigenvalue weighted by Crippen LogP contribution is 2.32. The highest BCUT2D eigenvalue weighted by Gasteiger charge is 2.18. The van der Waals surface area contributed by atoms with E-state index in [2.05, 4.69) is 147 Å². The number of aryl methyl sites for hydroxylation is 2. The molecular formula is C41H45BI. The molecule has 0 atom stereocenters. The third kappa shape index (κ3) is 9.44. The van der Waals surface area contributed by atoms with Gasteiger partial charge in [0.05, 0.1) is 0 Å². The molecule has 1 fully saturated rings. The summed E-state index contributed by atoms with van der Waals surface area (Å²) in [5.41, 5.74) is 8.46. The molecule has 1 aliphatic rings. The van der Waals surface area contributed by atoms with E-state index in [1.54, 1.807) is 5.56 Å². The second kappa shape index (κ2) is 16.7. The predicted molar refractivity (Wildman–Crippen MR) is 183 cm³/mol. The van der Waals surface area contributed by atoms with Crippen molar-refractivity contribution in [1.82, 2.24) is 0 Å². The minimum absolute atomic E-state index is 0.0155. The molecule has 43 heavy (non-hydrogen) atoms. The maximum atomic E-state index is 2.39. The average Bonchev–Trinajstić information content (AvgIpc) is 3.07. The summed E-state index contributed by atoms with van der Waals surface area (Å²) in [6.07, 6.45) is 10.7. The van der Waals surface area contributed by atoms with Gasteiger partial charge >= 0.3 is 21.2 Å². The average molecular weight is 676 g/mol. The highest BCUT2D eigenvalue weighted by atomic mass is 127. The van der Waals surface area contributed by atoms with Gasteiger partial charge in [-0.25, -0.2) is 16.4 Å². The maximum absolute atomic E-state index is 2.39. The molecule has 5 aromatic carbocycles. The maximum Gasteiger partial charge on any atom is 0.357 e. The lowest BCUT2D eigenvalue weighted by Crippen LogP contribution is -3.61. The van der Waals surface area contributed by atoms with Gasteiger partial charge in [0, 0.05) is 0 Å². The van der Waals surface area contributed by atoms with Crippen molar-refractivity contribution < 1.29 is 21.2 Å². The zero-order chi connectivity index (χ0) is 29.7. The summed E-state index contributed by atoms with van der Waals surface area (Å²) in [4.78, 5) is 0. The van der Waals surface area contributed by atoms with Crippen LogP contribution in [0.1, 0.15) is 74.5 Å². The molecule has 0 saturated heterocycles. The van der Waals surface area contributed by atoms with Crippen LogP contribution >= 0.6 is 0 Å². The Balaban J connectivity index is 0.000000173. The Hall–Kier alpha value is -3.11. The summed E-state index contributed by atoms with van der Waals surface area (Å²) in [6, 6.07) is 49.3. The van der Waals surface area contributed by atoms with E-state index < -0.39 is 0 Å². The summed E-state index contributed by atoms with van der Waals surface area (Å²) >= 11 is -0.0155. The van der Waals surface area contributed by atoms with Crippen LogP contribution in [0.25, 0.3) is 0 Å². The first kappa shape index (κ1) is 31.3. The lowest BCUT2D eigenvalue weighted by Gasteiger charge is -2.31. The van der Waals surface area contributed by atoms with Gasteiger partial charge in [0.1, 0.15) is 0 Å². The molecule has 1 aliphatic carbocycles. The van der Waals surface area contributed by atoms with Gasteiger partial charge in [-0.05, 0) is 75.1 Å². The van der Waals surface area contributed by atoms with Crippen LogP contribution in [0, 0.1) is 14.1 Å². The minimum atomic E-state index is -0.0155. The molecule has 0 aromatic heterocycles. The molecule has 0 nitrogen and oxygen atoms in total. The molecule has 0 spiro atoms. The molecule has 0 aliphatic heterocycles. The quantitative estimate of drug-likeness (QED) is 0.139. The standard InChI is InChI=1S/C22H23B.C19H22I/c1-2-3-11-19-12-10-17-22(18-19)23(20-13-6-4-7-14-20)21-15-8-5-9-16-21;1-15-7-11-18(12-8-15)20-19-13-9-17(10-14-19)16-5-3-2-4-6-16/h4-10,12-18H,2-3,11H2,1H3;7-14,16H,2-6H2,1H3/q-1;+1. The van der Waals surface area contributed by atoms with Crippen LogP contribution in [0.4, 0.5) is 0 Å². The lowest BCUT2D eigenvalue weighted by molar-refractivity contribution is -0.597. The molecule has 0 unspecified atom stereocenters. The van der Waals surface area contributed by atoms with E-state index in [1.165, 1.54) is 86.0 Å². The van der Waals surface area contributed by atoms with Gasteiger partial charge in [0.25, 0.3) is 0 Å². The number of rotatable bonds is 9. The van der Waals surface area contributed by atoms with Crippen LogP contribution < -0.4 is 37.6 Å². The van der Waals surface area contributed by atoms with Gasteiger partial charge in [0.15, 0.2) is 7.14 Å². The summed E-state index contributed by atoms with van der Waals surface area (Å²) in [7, 11) is 0. The summed E-state index contributed by atoms with van der Waals surface area (Å²) in [6.45, 7) is 4.71. The fourth-order valence-electron chi connectivity index (χ4n) is 6.13. The Morgan fingerprint density at radius 2 is 1.16 bits per heavy atom. The highest BCUT2D eigenvalue weighted by molar-refractivity contribution is 6.95. The first-order chi connectivity index (χ1) is 21.2. The molecule has 1 radical (unpaired) electrons. The molecule has 5 aromatic rings. The van der Waals surface area contributed by atoms with E-state index in [4.69, 9.17) is 0 Å².